The highest BCUT2D eigenvalue weighted by Gasteiger charge is 2.19. The van der Waals surface area contributed by atoms with Gasteiger partial charge in [-0.25, -0.2) is 9.97 Å². The predicted molar refractivity (Wildman–Crippen MR) is 234 cm³/mol. The van der Waals surface area contributed by atoms with E-state index >= 15 is 0 Å². The highest BCUT2D eigenvalue weighted by molar-refractivity contribution is 6.11. The van der Waals surface area contributed by atoms with Crippen molar-refractivity contribution in [2.24, 2.45) is 0 Å². The van der Waals surface area contributed by atoms with Crippen LogP contribution in [0.2, 0.25) is 0 Å². The number of furan rings is 1. The van der Waals surface area contributed by atoms with Crippen molar-refractivity contribution in [1.29, 1.82) is 0 Å². The van der Waals surface area contributed by atoms with E-state index in [1.165, 1.54) is 21.5 Å². The average molecular weight is 729 g/mol. The quantitative estimate of drug-likeness (QED) is 0.177. The Kier molecular flexibility index (Phi) is 6.86. The molecule has 0 fully saturated rings. The smallest absolute Gasteiger partial charge is 0.160 e. The van der Waals surface area contributed by atoms with Crippen molar-refractivity contribution >= 4 is 65.6 Å². The third-order valence-electron chi connectivity index (χ3n) is 11.3. The number of fused-ring (bicyclic) bond motifs is 9. The molecule has 5 heteroatoms. The lowest BCUT2D eigenvalue weighted by molar-refractivity contribution is 0.669. The molecular weight excluding hydrogens is 697 g/mol. The summed E-state index contributed by atoms with van der Waals surface area (Å²) in [4.78, 5) is 10.6. The minimum absolute atomic E-state index is 0.668. The molecule has 0 aliphatic heterocycles. The molecule has 0 saturated heterocycles. The van der Waals surface area contributed by atoms with Gasteiger partial charge in [-0.1, -0.05) is 121 Å². The van der Waals surface area contributed by atoms with Crippen LogP contribution in [0.15, 0.2) is 199 Å². The van der Waals surface area contributed by atoms with Crippen LogP contribution < -0.4 is 0 Å². The Morgan fingerprint density at radius 1 is 0.316 bits per heavy atom. The Bertz CT molecular complexity index is 3300. The van der Waals surface area contributed by atoms with Crippen molar-refractivity contribution in [2.45, 2.75) is 0 Å². The molecular formula is C52H32N4O. The molecule has 0 spiro atoms. The van der Waals surface area contributed by atoms with Gasteiger partial charge in [0.25, 0.3) is 0 Å². The maximum atomic E-state index is 6.21. The van der Waals surface area contributed by atoms with E-state index in [-0.39, 0.29) is 0 Å². The van der Waals surface area contributed by atoms with Crippen molar-refractivity contribution in [3.8, 4) is 45.3 Å². The Labute approximate surface area is 327 Å². The first-order valence-corrected chi connectivity index (χ1v) is 19.2. The molecule has 4 aromatic heterocycles. The minimum Gasteiger partial charge on any atom is -0.456 e. The highest BCUT2D eigenvalue weighted by atomic mass is 16.3. The van der Waals surface area contributed by atoms with Gasteiger partial charge >= 0.3 is 0 Å². The topological polar surface area (TPSA) is 48.8 Å². The van der Waals surface area contributed by atoms with Crippen LogP contribution in [0.25, 0.3) is 111 Å². The van der Waals surface area contributed by atoms with Gasteiger partial charge in [-0.2, -0.15) is 0 Å². The zero-order valence-electron chi connectivity index (χ0n) is 30.7. The average Bonchev–Trinajstić information content (AvgIpc) is 3.94. The minimum atomic E-state index is 0.668. The van der Waals surface area contributed by atoms with E-state index in [4.69, 9.17) is 14.4 Å². The van der Waals surface area contributed by atoms with Crippen molar-refractivity contribution in [1.82, 2.24) is 19.1 Å². The van der Waals surface area contributed by atoms with Crippen LogP contribution in [0.1, 0.15) is 0 Å². The van der Waals surface area contributed by atoms with Gasteiger partial charge in [0.05, 0.1) is 33.5 Å². The maximum absolute atomic E-state index is 6.21. The highest BCUT2D eigenvalue weighted by Crippen LogP contribution is 2.39. The van der Waals surface area contributed by atoms with Gasteiger partial charge in [0.2, 0.25) is 0 Å². The standard InChI is InChI=1S/C52H32N4O/c1-2-14-33(15-3-1)52-53-44(34-26-27-51-43(30-34)42-20-8-13-25-50(42)57-51)32-45(54-52)35-28-36(55-46-21-9-4-16-38(46)39-17-5-10-22-47(39)55)31-37(29-35)56-48-23-11-6-18-40(48)41-19-7-12-24-49(41)56/h1-32H. The van der Waals surface area contributed by atoms with Gasteiger partial charge < -0.3 is 13.6 Å². The summed E-state index contributed by atoms with van der Waals surface area (Å²) in [5.74, 6) is 0.668. The molecule has 0 bridgehead atoms. The number of nitrogens with zero attached hydrogens (tertiary/aromatic N) is 4. The van der Waals surface area contributed by atoms with Crippen LogP contribution in [-0.2, 0) is 0 Å². The summed E-state index contributed by atoms with van der Waals surface area (Å²) in [5, 5.41) is 7.02. The first-order valence-electron chi connectivity index (χ1n) is 19.2. The number of para-hydroxylation sites is 5. The lowest BCUT2D eigenvalue weighted by atomic mass is 10.0. The molecule has 0 saturated carbocycles. The second-order valence-corrected chi connectivity index (χ2v) is 14.6. The second-order valence-electron chi connectivity index (χ2n) is 14.6. The molecule has 8 aromatic carbocycles. The Morgan fingerprint density at radius 3 is 1.33 bits per heavy atom. The van der Waals surface area contributed by atoms with Crippen LogP contribution in [0.3, 0.4) is 0 Å². The van der Waals surface area contributed by atoms with Gasteiger partial charge in [-0.15, -0.1) is 0 Å². The van der Waals surface area contributed by atoms with Crippen molar-refractivity contribution in [3.05, 3.63) is 194 Å². The molecule has 4 heterocycles. The summed E-state index contributed by atoms with van der Waals surface area (Å²) in [5.41, 5.74) is 13.0. The van der Waals surface area contributed by atoms with Crippen LogP contribution in [0, 0.1) is 0 Å². The Morgan fingerprint density at radius 2 is 0.772 bits per heavy atom. The number of benzene rings is 8. The fraction of sp³-hybridized carbons (Fsp3) is 0. The molecule has 12 rings (SSSR count). The fourth-order valence-corrected chi connectivity index (χ4v) is 8.75. The van der Waals surface area contributed by atoms with E-state index in [2.05, 4.69) is 173 Å². The number of aromatic nitrogens is 4. The van der Waals surface area contributed by atoms with Crippen LogP contribution in [-0.4, -0.2) is 19.1 Å². The summed E-state index contributed by atoms with van der Waals surface area (Å²) < 4.78 is 11.0. The first kappa shape index (κ1) is 31.6. The van der Waals surface area contributed by atoms with E-state index in [1.807, 2.05) is 30.3 Å². The van der Waals surface area contributed by atoms with E-state index in [1.54, 1.807) is 0 Å². The molecule has 0 N–H and O–H groups in total. The molecule has 0 unspecified atom stereocenters. The largest absolute Gasteiger partial charge is 0.456 e. The van der Waals surface area contributed by atoms with Crippen LogP contribution in [0.4, 0.5) is 0 Å². The summed E-state index contributed by atoms with van der Waals surface area (Å²) in [6.07, 6.45) is 0. The third kappa shape index (κ3) is 4.96. The van der Waals surface area contributed by atoms with Crippen LogP contribution >= 0.6 is 0 Å². The molecule has 266 valence electrons. The lowest BCUT2D eigenvalue weighted by Gasteiger charge is -2.16. The normalized spacial score (nSPS) is 11.9. The predicted octanol–water partition coefficient (Wildman–Crippen LogP) is 13.6. The third-order valence-corrected chi connectivity index (χ3v) is 11.3. The SMILES string of the molecule is c1ccc(-c2nc(-c3cc(-n4c5ccccc5c5ccccc54)cc(-n4c5ccccc5c5ccccc54)c3)cc(-c3ccc4oc5ccccc5c4c3)n2)cc1. The summed E-state index contributed by atoms with van der Waals surface area (Å²) in [6.45, 7) is 0. The molecule has 5 nitrogen and oxygen atoms in total. The van der Waals surface area contributed by atoms with Gasteiger partial charge in [0.15, 0.2) is 5.82 Å². The van der Waals surface area contributed by atoms with Gasteiger partial charge in [-0.05, 0) is 72.8 Å². The Balaban J connectivity index is 1.16. The van der Waals surface area contributed by atoms with Crippen molar-refractivity contribution in [2.75, 3.05) is 0 Å². The van der Waals surface area contributed by atoms with Gasteiger partial charge in [-0.3, -0.25) is 0 Å². The zero-order chi connectivity index (χ0) is 37.5. The molecule has 57 heavy (non-hydrogen) atoms. The second kappa shape index (κ2) is 12.4. The Hall–Kier alpha value is -7.76. The van der Waals surface area contributed by atoms with Crippen LogP contribution in [0.5, 0.6) is 0 Å². The molecule has 0 amide bonds. The summed E-state index contributed by atoms with van der Waals surface area (Å²) in [6, 6.07) is 68.5. The maximum Gasteiger partial charge on any atom is 0.160 e. The summed E-state index contributed by atoms with van der Waals surface area (Å²) >= 11 is 0. The van der Waals surface area contributed by atoms with Crippen molar-refractivity contribution < 1.29 is 4.42 Å². The van der Waals surface area contributed by atoms with Gasteiger partial charge in [0, 0.05) is 60.4 Å². The molecule has 0 radical (unpaired) electrons. The molecule has 0 aliphatic rings. The van der Waals surface area contributed by atoms with Gasteiger partial charge in [0.1, 0.15) is 11.2 Å². The van der Waals surface area contributed by atoms with Crippen molar-refractivity contribution in [3.63, 3.8) is 0 Å². The number of hydrogen-bond acceptors (Lipinski definition) is 3. The first-order chi connectivity index (χ1) is 28.2. The fourth-order valence-electron chi connectivity index (χ4n) is 8.75. The lowest BCUT2D eigenvalue weighted by Crippen LogP contribution is -2.01. The molecule has 12 aromatic rings. The summed E-state index contributed by atoms with van der Waals surface area (Å²) in [7, 11) is 0. The van der Waals surface area contributed by atoms with E-state index in [9.17, 15) is 0 Å². The molecule has 0 atom stereocenters. The number of rotatable bonds is 5. The monoisotopic (exact) mass is 728 g/mol. The number of hydrogen-bond donors (Lipinski definition) is 0. The van der Waals surface area contributed by atoms with E-state index in [0.29, 0.717) is 5.82 Å². The van der Waals surface area contributed by atoms with E-state index < -0.39 is 0 Å². The molecule has 0 aliphatic carbocycles. The zero-order valence-corrected chi connectivity index (χ0v) is 30.7. The van der Waals surface area contributed by atoms with E-state index in [0.717, 1.165) is 83.5 Å².